The Bertz CT molecular complexity index is 745. The molecule has 1 fully saturated rings. The molecule has 0 atom stereocenters. The summed E-state index contributed by atoms with van der Waals surface area (Å²) >= 11 is 0. The largest absolute Gasteiger partial charge is 0.419 e. The molecular formula is C15H14F3N6+. The van der Waals surface area contributed by atoms with E-state index in [9.17, 15) is 13.2 Å². The van der Waals surface area contributed by atoms with E-state index in [0.29, 0.717) is 37.8 Å². The summed E-state index contributed by atoms with van der Waals surface area (Å²) in [5.41, 5.74) is -0.435. The molecule has 0 spiro atoms. The van der Waals surface area contributed by atoms with Gasteiger partial charge in [-0.25, -0.2) is 15.0 Å². The number of aromatic amines is 1. The van der Waals surface area contributed by atoms with Crippen molar-refractivity contribution < 1.29 is 18.2 Å². The first-order valence-corrected chi connectivity index (χ1v) is 7.29. The molecule has 24 heavy (non-hydrogen) atoms. The molecule has 2 aromatic heterocycles. The molecule has 124 valence electrons. The minimum Gasteiger partial charge on any atom is -0.346 e. The fraction of sp³-hybridized carbons (Fsp3) is 0.333. The molecule has 1 aliphatic heterocycles. The number of nitrogens with zero attached hydrogens (tertiary/aromatic N) is 5. The average molecular weight is 335 g/mol. The van der Waals surface area contributed by atoms with E-state index in [0.717, 1.165) is 12.3 Å². The number of rotatable bonds is 2. The van der Waals surface area contributed by atoms with E-state index in [2.05, 4.69) is 15.0 Å². The van der Waals surface area contributed by atoms with Crippen molar-refractivity contribution in [1.29, 1.82) is 5.26 Å². The van der Waals surface area contributed by atoms with Gasteiger partial charge in [0.25, 0.3) is 5.82 Å². The second-order valence-electron chi connectivity index (χ2n) is 5.27. The third kappa shape index (κ3) is 3.22. The third-order valence-corrected chi connectivity index (χ3v) is 3.83. The fourth-order valence-electron chi connectivity index (χ4n) is 2.59. The van der Waals surface area contributed by atoms with Gasteiger partial charge < -0.3 is 4.90 Å². The number of nitriles is 1. The SMILES string of the molecule is N#Cc1nccnc1N1CCN(c2ccc(C(F)(F)F)c[nH+]2)CC1. The number of piperazine rings is 1. The van der Waals surface area contributed by atoms with Gasteiger partial charge in [0, 0.05) is 18.5 Å². The van der Waals surface area contributed by atoms with E-state index in [1.165, 1.54) is 18.5 Å². The number of hydrogen-bond donors (Lipinski definition) is 0. The maximum atomic E-state index is 12.6. The van der Waals surface area contributed by atoms with Crippen LogP contribution in [0.3, 0.4) is 0 Å². The van der Waals surface area contributed by atoms with Gasteiger partial charge in [-0.05, 0) is 6.07 Å². The Hall–Kier alpha value is -2.89. The fourth-order valence-corrected chi connectivity index (χ4v) is 2.59. The summed E-state index contributed by atoms with van der Waals surface area (Å²) < 4.78 is 37.8. The van der Waals surface area contributed by atoms with Crippen LogP contribution in [0.5, 0.6) is 0 Å². The van der Waals surface area contributed by atoms with Gasteiger partial charge in [-0.1, -0.05) is 0 Å². The number of hydrogen-bond acceptors (Lipinski definition) is 5. The number of halogens is 3. The standard InChI is InChI=1S/C15H13F3N6/c16-15(17,18)11-1-2-13(22-10-11)23-5-7-24(8-6-23)14-12(9-19)20-3-4-21-14/h1-4,10H,5-8H2/p+1. The van der Waals surface area contributed by atoms with Crippen molar-refractivity contribution in [2.45, 2.75) is 6.18 Å². The summed E-state index contributed by atoms with van der Waals surface area (Å²) in [5, 5.41) is 9.08. The van der Waals surface area contributed by atoms with Crippen molar-refractivity contribution in [3.8, 4) is 6.07 Å². The molecule has 0 amide bonds. The Kier molecular flexibility index (Phi) is 4.20. The van der Waals surface area contributed by atoms with E-state index in [1.807, 2.05) is 15.9 Å². The Morgan fingerprint density at radius 2 is 1.71 bits per heavy atom. The van der Waals surface area contributed by atoms with Crippen LogP contribution in [0.25, 0.3) is 0 Å². The van der Waals surface area contributed by atoms with Gasteiger partial charge >= 0.3 is 6.18 Å². The van der Waals surface area contributed by atoms with Crippen molar-refractivity contribution in [2.75, 3.05) is 36.0 Å². The van der Waals surface area contributed by atoms with Crippen LogP contribution in [0.1, 0.15) is 11.3 Å². The second-order valence-corrected chi connectivity index (χ2v) is 5.27. The first kappa shape index (κ1) is 16.0. The van der Waals surface area contributed by atoms with E-state index >= 15 is 0 Å². The van der Waals surface area contributed by atoms with Gasteiger partial charge in [0.05, 0.1) is 18.7 Å². The van der Waals surface area contributed by atoms with Crippen LogP contribution in [-0.2, 0) is 6.18 Å². The summed E-state index contributed by atoms with van der Waals surface area (Å²) in [7, 11) is 0. The first-order valence-electron chi connectivity index (χ1n) is 7.29. The molecule has 0 bridgehead atoms. The van der Waals surface area contributed by atoms with Crippen LogP contribution in [0.2, 0.25) is 0 Å². The van der Waals surface area contributed by atoms with Crippen molar-refractivity contribution in [2.24, 2.45) is 0 Å². The number of anilines is 2. The number of H-pyrrole nitrogens is 1. The quantitative estimate of drug-likeness (QED) is 0.832. The van der Waals surface area contributed by atoms with E-state index < -0.39 is 11.7 Å². The Labute approximate surface area is 136 Å². The minimum atomic E-state index is -4.35. The van der Waals surface area contributed by atoms with Crippen molar-refractivity contribution in [3.63, 3.8) is 0 Å². The molecule has 0 aromatic carbocycles. The van der Waals surface area contributed by atoms with E-state index in [-0.39, 0.29) is 5.69 Å². The topological polar surface area (TPSA) is 70.2 Å². The molecule has 3 heterocycles. The summed E-state index contributed by atoms with van der Waals surface area (Å²) in [6.45, 7) is 2.40. The summed E-state index contributed by atoms with van der Waals surface area (Å²) in [6.07, 6.45) is -0.382. The van der Waals surface area contributed by atoms with E-state index in [1.54, 1.807) is 0 Å². The number of alkyl halides is 3. The van der Waals surface area contributed by atoms with Gasteiger partial charge in [-0.2, -0.15) is 18.4 Å². The zero-order chi connectivity index (χ0) is 17.2. The van der Waals surface area contributed by atoms with Crippen LogP contribution < -0.4 is 14.8 Å². The maximum Gasteiger partial charge on any atom is 0.419 e. The zero-order valence-electron chi connectivity index (χ0n) is 12.6. The molecule has 0 saturated carbocycles. The molecule has 0 radical (unpaired) electrons. The van der Waals surface area contributed by atoms with Crippen LogP contribution in [0, 0.1) is 11.3 Å². The second kappa shape index (κ2) is 6.31. The monoisotopic (exact) mass is 335 g/mol. The highest BCUT2D eigenvalue weighted by atomic mass is 19.4. The first-order chi connectivity index (χ1) is 11.5. The van der Waals surface area contributed by atoms with Crippen LogP contribution in [0.15, 0.2) is 30.7 Å². The lowest BCUT2D eigenvalue weighted by Gasteiger charge is -2.31. The van der Waals surface area contributed by atoms with Crippen LogP contribution in [-0.4, -0.2) is 36.1 Å². The molecule has 1 N–H and O–H groups in total. The average Bonchev–Trinajstić information content (AvgIpc) is 2.61. The van der Waals surface area contributed by atoms with Crippen LogP contribution >= 0.6 is 0 Å². The Balaban J connectivity index is 1.68. The van der Waals surface area contributed by atoms with Crippen LogP contribution in [0.4, 0.5) is 24.8 Å². The highest BCUT2D eigenvalue weighted by molar-refractivity contribution is 5.51. The lowest BCUT2D eigenvalue weighted by Crippen LogP contribution is -2.48. The smallest absolute Gasteiger partial charge is 0.346 e. The molecule has 1 saturated heterocycles. The predicted octanol–water partition coefficient (Wildman–Crippen LogP) is 1.51. The van der Waals surface area contributed by atoms with Gasteiger partial charge in [0.15, 0.2) is 11.5 Å². The zero-order valence-corrected chi connectivity index (χ0v) is 12.6. The Morgan fingerprint density at radius 1 is 1.04 bits per heavy atom. The normalized spacial score (nSPS) is 15.2. The number of nitrogens with one attached hydrogen (secondary N) is 1. The van der Waals surface area contributed by atoms with Crippen molar-refractivity contribution in [3.05, 3.63) is 42.0 Å². The number of aromatic nitrogens is 3. The van der Waals surface area contributed by atoms with Gasteiger partial charge in [-0.15, -0.1) is 0 Å². The van der Waals surface area contributed by atoms with Gasteiger partial charge in [-0.3, -0.25) is 4.90 Å². The third-order valence-electron chi connectivity index (χ3n) is 3.83. The summed E-state index contributed by atoms with van der Waals surface area (Å²) in [4.78, 5) is 14.8. The number of pyridine rings is 1. The molecule has 0 aliphatic carbocycles. The molecule has 2 aromatic rings. The molecule has 3 rings (SSSR count). The minimum absolute atomic E-state index is 0.270. The molecule has 0 unspecified atom stereocenters. The van der Waals surface area contributed by atoms with E-state index in [4.69, 9.17) is 5.26 Å². The highest BCUT2D eigenvalue weighted by Gasteiger charge is 2.32. The summed E-state index contributed by atoms with van der Waals surface area (Å²) in [6, 6.07) is 4.51. The van der Waals surface area contributed by atoms with Crippen molar-refractivity contribution in [1.82, 2.24) is 9.97 Å². The maximum absolute atomic E-state index is 12.6. The predicted molar refractivity (Wildman–Crippen MR) is 79.2 cm³/mol. The van der Waals surface area contributed by atoms with Crippen molar-refractivity contribution >= 4 is 11.6 Å². The molecule has 6 nitrogen and oxygen atoms in total. The van der Waals surface area contributed by atoms with Gasteiger partial charge in [0.2, 0.25) is 0 Å². The molecule has 9 heteroatoms. The van der Waals surface area contributed by atoms with Gasteiger partial charge in [0.1, 0.15) is 25.4 Å². The highest BCUT2D eigenvalue weighted by Crippen LogP contribution is 2.28. The lowest BCUT2D eigenvalue weighted by molar-refractivity contribution is -0.367. The molecular weight excluding hydrogens is 321 g/mol. The molecule has 1 aliphatic rings. The summed E-state index contributed by atoms with van der Waals surface area (Å²) in [5.74, 6) is 1.17. The Morgan fingerprint density at radius 3 is 2.29 bits per heavy atom. The lowest BCUT2D eigenvalue weighted by atomic mass is 10.2.